The maximum Gasteiger partial charge on any atom is 0.200 e. The van der Waals surface area contributed by atoms with E-state index in [4.69, 9.17) is 9.47 Å². The number of benzene rings is 1. The molecule has 1 aliphatic rings. The molecule has 0 amide bonds. The van der Waals surface area contributed by atoms with E-state index in [0.29, 0.717) is 18.0 Å². The maximum absolute atomic E-state index is 10.1. The van der Waals surface area contributed by atoms with Crippen molar-refractivity contribution in [3.8, 4) is 17.2 Å². The first-order chi connectivity index (χ1) is 13.6. The van der Waals surface area contributed by atoms with Crippen LogP contribution in [-0.2, 0) is 13.1 Å². The number of halogens is 1. The van der Waals surface area contributed by atoms with Crippen LogP contribution in [0, 0.1) is 0 Å². The van der Waals surface area contributed by atoms with E-state index in [0.717, 1.165) is 44.2 Å². The number of guanidine groups is 1. The molecule has 2 heterocycles. The molecule has 7 nitrogen and oxygen atoms in total. The number of rotatable bonds is 6. The van der Waals surface area contributed by atoms with Crippen LogP contribution < -0.4 is 14.8 Å². The van der Waals surface area contributed by atoms with Crippen molar-refractivity contribution in [2.45, 2.75) is 13.1 Å². The van der Waals surface area contributed by atoms with Gasteiger partial charge in [0.1, 0.15) is 0 Å². The first kappa shape index (κ1) is 23.6. The van der Waals surface area contributed by atoms with Crippen molar-refractivity contribution in [3.63, 3.8) is 0 Å². The Balaban J connectivity index is 0.00000300. The second-order valence-electron chi connectivity index (χ2n) is 6.59. The van der Waals surface area contributed by atoms with Gasteiger partial charge in [0.2, 0.25) is 5.75 Å². The van der Waals surface area contributed by atoms with E-state index in [2.05, 4.69) is 37.6 Å². The minimum atomic E-state index is 0. The number of hydrogen-bond acceptors (Lipinski definition) is 6. The standard InChI is InChI=1S/C20H28N4O3S.HI/c1-21-20(22-13-15-11-17(26-2)19(25)18(12-15)27-3)24-8-6-23(7-9-24)14-16-5-4-10-28-16;/h4-5,10-12,25H,6-9,13-14H2,1-3H3,(H,21,22);1H. The topological polar surface area (TPSA) is 69.6 Å². The Hall–Kier alpha value is -1.72. The Morgan fingerprint density at radius 1 is 1.17 bits per heavy atom. The molecule has 0 radical (unpaired) electrons. The number of nitrogens with one attached hydrogen (secondary N) is 1. The second kappa shape index (κ2) is 11.5. The van der Waals surface area contributed by atoms with Gasteiger partial charge in [0, 0.05) is 51.2 Å². The maximum atomic E-state index is 10.1. The summed E-state index contributed by atoms with van der Waals surface area (Å²) < 4.78 is 10.5. The third kappa shape index (κ3) is 6.13. The fourth-order valence-electron chi connectivity index (χ4n) is 3.30. The molecule has 160 valence electrons. The Morgan fingerprint density at radius 3 is 2.34 bits per heavy atom. The van der Waals surface area contributed by atoms with E-state index < -0.39 is 0 Å². The number of methoxy groups -OCH3 is 2. The second-order valence-corrected chi connectivity index (χ2v) is 7.62. The Labute approximate surface area is 193 Å². The minimum Gasteiger partial charge on any atom is -0.502 e. The van der Waals surface area contributed by atoms with Gasteiger partial charge in [0.25, 0.3) is 0 Å². The number of piperazine rings is 1. The fourth-order valence-corrected chi connectivity index (χ4v) is 4.05. The van der Waals surface area contributed by atoms with Crippen LogP contribution in [0.4, 0.5) is 0 Å². The quantitative estimate of drug-likeness (QED) is 0.339. The molecule has 1 aliphatic heterocycles. The molecule has 2 aromatic rings. The van der Waals surface area contributed by atoms with Crippen LogP contribution in [0.3, 0.4) is 0 Å². The Bertz CT molecular complexity index is 768. The van der Waals surface area contributed by atoms with Gasteiger partial charge < -0.3 is 24.8 Å². The number of nitrogens with zero attached hydrogens (tertiary/aromatic N) is 3. The third-order valence-corrected chi connectivity index (χ3v) is 5.69. The van der Waals surface area contributed by atoms with Crippen LogP contribution in [0.25, 0.3) is 0 Å². The molecule has 0 atom stereocenters. The van der Waals surface area contributed by atoms with E-state index in [-0.39, 0.29) is 29.7 Å². The normalized spacial score (nSPS) is 15.0. The summed E-state index contributed by atoms with van der Waals surface area (Å²) in [5.74, 6) is 1.68. The lowest BCUT2D eigenvalue weighted by Crippen LogP contribution is -2.51. The van der Waals surface area contributed by atoms with Gasteiger partial charge in [-0.2, -0.15) is 0 Å². The number of ether oxygens (including phenoxy) is 2. The van der Waals surface area contributed by atoms with E-state index >= 15 is 0 Å². The van der Waals surface area contributed by atoms with Gasteiger partial charge in [-0.1, -0.05) is 6.07 Å². The smallest absolute Gasteiger partial charge is 0.200 e. The number of phenols is 1. The molecular weight excluding hydrogens is 503 g/mol. The molecule has 3 rings (SSSR count). The molecule has 1 saturated heterocycles. The SMILES string of the molecule is CN=C(NCc1cc(OC)c(O)c(OC)c1)N1CCN(Cc2cccs2)CC1.I. The summed E-state index contributed by atoms with van der Waals surface area (Å²) in [7, 11) is 4.86. The average Bonchev–Trinajstić information content (AvgIpc) is 3.23. The van der Waals surface area contributed by atoms with Gasteiger partial charge >= 0.3 is 0 Å². The van der Waals surface area contributed by atoms with E-state index in [9.17, 15) is 5.11 Å². The molecule has 1 aromatic carbocycles. The molecule has 1 fully saturated rings. The minimum absolute atomic E-state index is 0. The van der Waals surface area contributed by atoms with Crippen molar-refractivity contribution >= 4 is 41.3 Å². The molecule has 0 aliphatic carbocycles. The number of thiophene rings is 1. The van der Waals surface area contributed by atoms with Crippen molar-refractivity contribution in [1.82, 2.24) is 15.1 Å². The van der Waals surface area contributed by atoms with E-state index in [1.807, 2.05) is 11.3 Å². The number of hydrogen-bond donors (Lipinski definition) is 2. The highest BCUT2D eigenvalue weighted by Crippen LogP contribution is 2.37. The van der Waals surface area contributed by atoms with Gasteiger partial charge in [-0.15, -0.1) is 35.3 Å². The van der Waals surface area contributed by atoms with Crippen LogP contribution in [0.5, 0.6) is 17.2 Å². The molecule has 29 heavy (non-hydrogen) atoms. The first-order valence-electron chi connectivity index (χ1n) is 9.28. The highest BCUT2D eigenvalue weighted by molar-refractivity contribution is 14.0. The van der Waals surface area contributed by atoms with Crippen molar-refractivity contribution in [2.24, 2.45) is 4.99 Å². The molecule has 0 saturated carbocycles. The molecule has 1 aromatic heterocycles. The lowest BCUT2D eigenvalue weighted by molar-refractivity contribution is 0.173. The van der Waals surface area contributed by atoms with E-state index in [1.54, 1.807) is 19.2 Å². The highest BCUT2D eigenvalue weighted by atomic mass is 127. The van der Waals surface area contributed by atoms with Gasteiger partial charge in [0.05, 0.1) is 14.2 Å². The lowest BCUT2D eigenvalue weighted by atomic mass is 10.2. The highest BCUT2D eigenvalue weighted by Gasteiger charge is 2.20. The number of aliphatic imine (C=N–C) groups is 1. The van der Waals surface area contributed by atoms with Crippen LogP contribution in [0.2, 0.25) is 0 Å². The summed E-state index contributed by atoms with van der Waals surface area (Å²) in [6.45, 7) is 5.49. The molecule has 0 spiro atoms. The Morgan fingerprint density at radius 2 is 1.83 bits per heavy atom. The number of phenolic OH excluding ortho intramolecular Hbond substituents is 1. The van der Waals surface area contributed by atoms with Crippen molar-refractivity contribution in [1.29, 1.82) is 0 Å². The van der Waals surface area contributed by atoms with Crippen LogP contribution in [0.15, 0.2) is 34.6 Å². The average molecular weight is 532 g/mol. The monoisotopic (exact) mass is 532 g/mol. The first-order valence-corrected chi connectivity index (χ1v) is 10.2. The van der Waals surface area contributed by atoms with Crippen LogP contribution in [-0.4, -0.2) is 68.3 Å². The largest absolute Gasteiger partial charge is 0.502 e. The summed E-state index contributed by atoms with van der Waals surface area (Å²) in [6, 6.07) is 7.90. The molecular formula is C20H29IN4O3S. The van der Waals surface area contributed by atoms with Gasteiger partial charge in [0.15, 0.2) is 17.5 Å². The predicted octanol–water partition coefficient (Wildman–Crippen LogP) is 2.98. The van der Waals surface area contributed by atoms with Crippen LogP contribution >= 0.6 is 35.3 Å². The van der Waals surface area contributed by atoms with E-state index in [1.165, 1.54) is 19.1 Å². The number of aromatic hydroxyl groups is 1. The Kier molecular flexibility index (Phi) is 9.31. The van der Waals surface area contributed by atoms with Crippen LogP contribution in [0.1, 0.15) is 10.4 Å². The van der Waals surface area contributed by atoms with Gasteiger partial charge in [-0.25, -0.2) is 0 Å². The predicted molar refractivity (Wildman–Crippen MR) is 128 cm³/mol. The lowest BCUT2D eigenvalue weighted by Gasteiger charge is -2.36. The summed E-state index contributed by atoms with van der Waals surface area (Å²) in [5.41, 5.74) is 0.948. The molecule has 2 N–H and O–H groups in total. The van der Waals surface area contributed by atoms with Gasteiger partial charge in [-0.05, 0) is 29.1 Å². The fraction of sp³-hybridized carbons (Fsp3) is 0.450. The summed E-state index contributed by atoms with van der Waals surface area (Å²) in [4.78, 5) is 10.6. The zero-order chi connectivity index (χ0) is 19.9. The van der Waals surface area contributed by atoms with Gasteiger partial charge in [-0.3, -0.25) is 9.89 Å². The molecule has 0 unspecified atom stereocenters. The molecule has 9 heteroatoms. The summed E-state index contributed by atoms with van der Waals surface area (Å²) in [5, 5.41) is 15.6. The summed E-state index contributed by atoms with van der Waals surface area (Å²) in [6.07, 6.45) is 0. The van der Waals surface area contributed by atoms with Crippen molar-refractivity contribution < 1.29 is 14.6 Å². The zero-order valence-corrected chi connectivity index (χ0v) is 20.2. The molecule has 0 bridgehead atoms. The third-order valence-electron chi connectivity index (χ3n) is 4.83. The summed E-state index contributed by atoms with van der Waals surface area (Å²) >= 11 is 1.81. The zero-order valence-electron chi connectivity index (χ0n) is 17.1. The van der Waals surface area contributed by atoms with Crippen molar-refractivity contribution in [3.05, 3.63) is 40.1 Å². The van der Waals surface area contributed by atoms with Crippen molar-refractivity contribution in [2.75, 3.05) is 47.4 Å².